The van der Waals surface area contributed by atoms with Crippen molar-refractivity contribution in [3.05, 3.63) is 53.4 Å². The lowest BCUT2D eigenvalue weighted by Crippen LogP contribution is -2.28. The summed E-state index contributed by atoms with van der Waals surface area (Å²) in [5, 5.41) is 3.65. The highest BCUT2D eigenvalue weighted by atomic mass is 32.1. The van der Waals surface area contributed by atoms with Crippen LogP contribution in [0.1, 0.15) is 28.4 Å². The molecular formula is C18H19N3O3S. The van der Waals surface area contributed by atoms with Crippen molar-refractivity contribution in [2.24, 2.45) is 0 Å². The molecule has 2 amide bonds. The van der Waals surface area contributed by atoms with Gasteiger partial charge in [0.1, 0.15) is 5.01 Å². The quantitative estimate of drug-likeness (QED) is 0.660. The molecule has 2 heterocycles. The van der Waals surface area contributed by atoms with Crippen molar-refractivity contribution in [1.29, 1.82) is 0 Å². The van der Waals surface area contributed by atoms with Crippen molar-refractivity contribution in [2.45, 2.75) is 19.4 Å². The van der Waals surface area contributed by atoms with E-state index >= 15 is 0 Å². The van der Waals surface area contributed by atoms with Crippen LogP contribution < -0.4 is 5.32 Å². The van der Waals surface area contributed by atoms with Gasteiger partial charge >= 0.3 is 0 Å². The highest BCUT2D eigenvalue weighted by Gasteiger charge is 2.13. The summed E-state index contributed by atoms with van der Waals surface area (Å²) >= 11 is 1.60. The standard InChI is InChI=1S/C18H19N3O3S/c1-21(12-16-20-13-6-2-3-8-15(13)25-16)17(22)9-4-10-19-18(23)14-7-5-11-24-14/h2-3,5-8,11H,4,9-10,12H2,1H3,(H,19,23). The zero-order chi connectivity index (χ0) is 17.6. The molecule has 0 aliphatic carbocycles. The maximum Gasteiger partial charge on any atom is 0.286 e. The van der Waals surface area contributed by atoms with Gasteiger partial charge in [-0.05, 0) is 30.7 Å². The van der Waals surface area contributed by atoms with Crippen LogP contribution in [0.25, 0.3) is 10.2 Å². The van der Waals surface area contributed by atoms with Crippen LogP contribution in [0.5, 0.6) is 0 Å². The number of hydrogen-bond acceptors (Lipinski definition) is 5. The second kappa shape index (κ2) is 7.94. The maximum atomic E-state index is 12.2. The molecule has 1 N–H and O–H groups in total. The van der Waals surface area contributed by atoms with Crippen molar-refractivity contribution in [1.82, 2.24) is 15.2 Å². The smallest absolute Gasteiger partial charge is 0.286 e. The maximum absolute atomic E-state index is 12.2. The summed E-state index contributed by atoms with van der Waals surface area (Å²) in [5.41, 5.74) is 0.962. The Balaban J connectivity index is 1.42. The third-order valence-corrected chi connectivity index (χ3v) is 4.76. The van der Waals surface area contributed by atoms with E-state index in [2.05, 4.69) is 10.3 Å². The molecule has 130 valence electrons. The van der Waals surface area contributed by atoms with Gasteiger partial charge in [0.2, 0.25) is 5.91 Å². The summed E-state index contributed by atoms with van der Waals surface area (Å²) in [6, 6.07) is 11.2. The molecule has 0 spiro atoms. The van der Waals surface area contributed by atoms with Crippen molar-refractivity contribution in [3.8, 4) is 0 Å². The van der Waals surface area contributed by atoms with E-state index in [4.69, 9.17) is 4.42 Å². The minimum Gasteiger partial charge on any atom is -0.459 e. The zero-order valence-electron chi connectivity index (χ0n) is 13.9. The van der Waals surface area contributed by atoms with Crippen molar-refractivity contribution in [2.75, 3.05) is 13.6 Å². The molecule has 0 saturated carbocycles. The molecule has 0 radical (unpaired) electrons. The van der Waals surface area contributed by atoms with Gasteiger partial charge in [0.25, 0.3) is 5.91 Å². The van der Waals surface area contributed by atoms with Crippen molar-refractivity contribution < 1.29 is 14.0 Å². The molecule has 0 aliphatic heterocycles. The van der Waals surface area contributed by atoms with Gasteiger partial charge in [0.15, 0.2) is 5.76 Å². The van der Waals surface area contributed by atoms with Crippen LogP contribution in [0.2, 0.25) is 0 Å². The van der Waals surface area contributed by atoms with Crippen LogP contribution in [0.4, 0.5) is 0 Å². The van der Waals surface area contributed by atoms with E-state index in [1.54, 1.807) is 35.4 Å². The number of rotatable bonds is 7. The SMILES string of the molecule is CN(Cc1nc2ccccc2s1)C(=O)CCCNC(=O)c1ccco1. The Morgan fingerprint density at radius 1 is 1.24 bits per heavy atom. The molecular weight excluding hydrogens is 338 g/mol. The lowest BCUT2D eigenvalue weighted by atomic mass is 10.2. The fraction of sp³-hybridized carbons (Fsp3) is 0.278. The summed E-state index contributed by atoms with van der Waals surface area (Å²) in [5.74, 6) is 0.0473. The van der Waals surface area contributed by atoms with E-state index in [1.807, 2.05) is 24.3 Å². The molecule has 0 saturated heterocycles. The van der Waals surface area contributed by atoms with Gasteiger partial charge < -0.3 is 14.6 Å². The molecule has 0 bridgehead atoms. The van der Waals surface area contributed by atoms with E-state index < -0.39 is 0 Å². The largest absolute Gasteiger partial charge is 0.459 e. The number of carbonyl (C=O) groups excluding carboxylic acids is 2. The summed E-state index contributed by atoms with van der Waals surface area (Å²) in [6.07, 6.45) is 2.41. The Labute approximate surface area is 149 Å². The predicted molar refractivity (Wildman–Crippen MR) is 96.4 cm³/mol. The molecule has 25 heavy (non-hydrogen) atoms. The molecule has 0 atom stereocenters. The van der Waals surface area contributed by atoms with Crippen LogP contribution in [0, 0.1) is 0 Å². The molecule has 0 fully saturated rings. The number of aromatic nitrogens is 1. The van der Waals surface area contributed by atoms with Crippen LogP contribution in [-0.4, -0.2) is 35.3 Å². The highest BCUT2D eigenvalue weighted by Crippen LogP contribution is 2.22. The number of amides is 2. The highest BCUT2D eigenvalue weighted by molar-refractivity contribution is 7.18. The minimum atomic E-state index is -0.264. The molecule has 7 heteroatoms. The fourth-order valence-corrected chi connectivity index (χ4v) is 3.43. The van der Waals surface area contributed by atoms with Gasteiger partial charge in [0, 0.05) is 20.0 Å². The van der Waals surface area contributed by atoms with Gasteiger partial charge in [-0.25, -0.2) is 4.98 Å². The Kier molecular flexibility index (Phi) is 5.45. The van der Waals surface area contributed by atoms with Gasteiger partial charge in [-0.2, -0.15) is 0 Å². The Hall–Kier alpha value is -2.67. The van der Waals surface area contributed by atoms with Crippen LogP contribution in [0.15, 0.2) is 47.1 Å². The van der Waals surface area contributed by atoms with Crippen LogP contribution >= 0.6 is 11.3 Å². The number of nitrogens with one attached hydrogen (secondary N) is 1. The van der Waals surface area contributed by atoms with Gasteiger partial charge in [-0.15, -0.1) is 11.3 Å². The first kappa shape index (κ1) is 17.2. The number of benzene rings is 1. The number of thiazole rings is 1. The first-order valence-electron chi connectivity index (χ1n) is 8.03. The molecule has 1 aromatic carbocycles. The van der Waals surface area contributed by atoms with E-state index in [9.17, 15) is 9.59 Å². The number of carbonyl (C=O) groups is 2. The topological polar surface area (TPSA) is 75.4 Å². The average molecular weight is 357 g/mol. The molecule has 3 rings (SSSR count). The van der Waals surface area contributed by atoms with Crippen molar-refractivity contribution in [3.63, 3.8) is 0 Å². The lowest BCUT2D eigenvalue weighted by molar-refractivity contribution is -0.130. The summed E-state index contributed by atoms with van der Waals surface area (Å²) in [4.78, 5) is 30.1. The number of fused-ring (bicyclic) bond motifs is 1. The van der Waals surface area contributed by atoms with Gasteiger partial charge in [-0.3, -0.25) is 9.59 Å². The van der Waals surface area contributed by atoms with Crippen molar-refractivity contribution >= 4 is 33.4 Å². The minimum absolute atomic E-state index is 0.0338. The monoisotopic (exact) mass is 357 g/mol. The first-order valence-corrected chi connectivity index (χ1v) is 8.85. The lowest BCUT2D eigenvalue weighted by Gasteiger charge is -2.15. The fourth-order valence-electron chi connectivity index (χ4n) is 2.41. The molecule has 2 aromatic heterocycles. The van der Waals surface area contributed by atoms with Gasteiger partial charge in [0.05, 0.1) is 23.0 Å². The van der Waals surface area contributed by atoms with E-state index in [0.717, 1.165) is 15.2 Å². The van der Waals surface area contributed by atoms with Crippen LogP contribution in [0.3, 0.4) is 0 Å². The third kappa shape index (κ3) is 4.45. The average Bonchev–Trinajstić information content (AvgIpc) is 3.27. The molecule has 0 aliphatic rings. The molecule has 6 nitrogen and oxygen atoms in total. The second-order valence-electron chi connectivity index (χ2n) is 5.66. The summed E-state index contributed by atoms with van der Waals surface area (Å²) in [7, 11) is 1.77. The second-order valence-corrected chi connectivity index (χ2v) is 6.78. The molecule has 0 unspecified atom stereocenters. The zero-order valence-corrected chi connectivity index (χ0v) is 14.7. The summed E-state index contributed by atoms with van der Waals surface area (Å²) < 4.78 is 6.13. The van der Waals surface area contributed by atoms with E-state index in [-0.39, 0.29) is 17.6 Å². The Morgan fingerprint density at radius 2 is 2.08 bits per heavy atom. The third-order valence-electron chi connectivity index (χ3n) is 3.73. The summed E-state index contributed by atoms with van der Waals surface area (Å²) in [6.45, 7) is 0.928. The Bertz CT molecular complexity index is 824. The number of furan rings is 1. The normalized spacial score (nSPS) is 10.8. The van der Waals surface area contributed by atoms with Gasteiger partial charge in [-0.1, -0.05) is 12.1 Å². The number of nitrogens with zero attached hydrogens (tertiary/aromatic N) is 2. The molecule has 3 aromatic rings. The number of para-hydroxylation sites is 1. The Morgan fingerprint density at radius 3 is 2.84 bits per heavy atom. The predicted octanol–water partition coefficient (Wildman–Crippen LogP) is 3.06. The van der Waals surface area contributed by atoms with E-state index in [1.165, 1.54) is 6.26 Å². The first-order chi connectivity index (χ1) is 12.1. The van der Waals surface area contributed by atoms with Crippen LogP contribution in [-0.2, 0) is 11.3 Å². The van der Waals surface area contributed by atoms with E-state index in [0.29, 0.717) is 25.9 Å². The number of hydrogen-bond donors (Lipinski definition) is 1.